The van der Waals surface area contributed by atoms with Gasteiger partial charge < -0.3 is 10.1 Å². The lowest BCUT2D eigenvalue weighted by atomic mass is 10.2. The lowest BCUT2D eigenvalue weighted by Crippen LogP contribution is -2.35. The summed E-state index contributed by atoms with van der Waals surface area (Å²) in [7, 11) is -2.10. The summed E-state index contributed by atoms with van der Waals surface area (Å²) in [5.41, 5.74) is 0.818. The number of rotatable bonds is 5. The fourth-order valence-electron chi connectivity index (χ4n) is 2.98. The maximum absolute atomic E-state index is 12.9. The third-order valence-electron chi connectivity index (χ3n) is 4.41. The maximum atomic E-state index is 12.9. The van der Waals surface area contributed by atoms with Gasteiger partial charge in [-0.2, -0.15) is 4.31 Å². The second-order valence-corrected chi connectivity index (χ2v) is 8.08. The first-order chi connectivity index (χ1) is 12.5. The summed E-state index contributed by atoms with van der Waals surface area (Å²) in [6.07, 6.45) is 2.78. The standard InChI is InChI=1S/C19H22N2O4S/c1-25-18-11-10-16(26(23,24)21-12-6-3-7-13-21)14-17(18)20-19(22)15-8-4-2-5-9-15/h2,4-5,8-11,14H,3,6-7,12-13H2,1H3,(H,20,22). The molecule has 1 fully saturated rings. The van der Waals surface area contributed by atoms with Crippen LogP contribution < -0.4 is 10.1 Å². The summed E-state index contributed by atoms with van der Waals surface area (Å²) in [5, 5.41) is 2.75. The van der Waals surface area contributed by atoms with Crippen LogP contribution in [0.5, 0.6) is 5.75 Å². The molecule has 6 nitrogen and oxygen atoms in total. The molecule has 3 rings (SSSR count). The summed E-state index contributed by atoms with van der Waals surface area (Å²) in [4.78, 5) is 12.6. The summed E-state index contributed by atoms with van der Waals surface area (Å²) in [6, 6.07) is 13.3. The topological polar surface area (TPSA) is 75.7 Å². The number of ether oxygens (including phenoxy) is 1. The molecular weight excluding hydrogens is 352 g/mol. The number of amides is 1. The van der Waals surface area contributed by atoms with Crippen molar-refractivity contribution in [2.24, 2.45) is 0 Å². The number of carbonyl (C=O) groups is 1. The molecule has 2 aromatic rings. The van der Waals surface area contributed by atoms with Crippen molar-refractivity contribution in [3.8, 4) is 5.75 Å². The minimum absolute atomic E-state index is 0.156. The van der Waals surface area contributed by atoms with E-state index in [0.717, 1.165) is 19.3 Å². The third kappa shape index (κ3) is 3.89. The number of nitrogens with one attached hydrogen (secondary N) is 1. The molecule has 0 bridgehead atoms. The molecule has 0 spiro atoms. The minimum atomic E-state index is -3.58. The van der Waals surface area contributed by atoms with E-state index in [-0.39, 0.29) is 10.8 Å². The quantitative estimate of drug-likeness (QED) is 0.872. The molecule has 1 aliphatic rings. The molecule has 1 aliphatic heterocycles. The highest BCUT2D eigenvalue weighted by molar-refractivity contribution is 7.89. The van der Waals surface area contributed by atoms with Gasteiger partial charge in [0.15, 0.2) is 0 Å². The van der Waals surface area contributed by atoms with Crippen molar-refractivity contribution in [2.75, 3.05) is 25.5 Å². The summed E-state index contributed by atoms with van der Waals surface area (Å²) in [6.45, 7) is 1.06. The van der Waals surface area contributed by atoms with E-state index in [4.69, 9.17) is 4.74 Å². The van der Waals surface area contributed by atoms with Crippen molar-refractivity contribution >= 4 is 21.6 Å². The molecule has 0 saturated carbocycles. The first-order valence-corrected chi connectivity index (χ1v) is 10.0. The van der Waals surface area contributed by atoms with Crippen molar-refractivity contribution in [1.82, 2.24) is 4.31 Å². The molecular formula is C19H22N2O4S. The molecule has 1 heterocycles. The first-order valence-electron chi connectivity index (χ1n) is 8.57. The Labute approximate surface area is 153 Å². The number of hydrogen-bond donors (Lipinski definition) is 1. The first kappa shape index (κ1) is 18.4. The lowest BCUT2D eigenvalue weighted by Gasteiger charge is -2.26. The fraction of sp³-hybridized carbons (Fsp3) is 0.316. The van der Waals surface area contributed by atoms with Crippen molar-refractivity contribution in [3.63, 3.8) is 0 Å². The predicted octanol–water partition coefficient (Wildman–Crippen LogP) is 3.12. The molecule has 0 atom stereocenters. The van der Waals surface area contributed by atoms with Crippen LogP contribution in [0.3, 0.4) is 0 Å². The number of piperidine rings is 1. The largest absolute Gasteiger partial charge is 0.495 e. The van der Waals surface area contributed by atoms with Gasteiger partial charge in [-0.25, -0.2) is 8.42 Å². The van der Waals surface area contributed by atoms with Gasteiger partial charge in [0.05, 0.1) is 17.7 Å². The highest BCUT2D eigenvalue weighted by Crippen LogP contribution is 2.30. The molecule has 1 N–H and O–H groups in total. The Bertz CT molecular complexity index is 876. The molecule has 0 aromatic heterocycles. The van der Waals surface area contributed by atoms with Crippen LogP contribution in [0.1, 0.15) is 29.6 Å². The zero-order chi connectivity index (χ0) is 18.6. The molecule has 7 heteroatoms. The van der Waals surface area contributed by atoms with Crippen LogP contribution in [0, 0.1) is 0 Å². The second kappa shape index (κ2) is 7.88. The van der Waals surface area contributed by atoms with E-state index in [1.54, 1.807) is 30.3 Å². The van der Waals surface area contributed by atoms with Crippen LogP contribution in [0.25, 0.3) is 0 Å². The van der Waals surface area contributed by atoms with Crippen LogP contribution in [-0.2, 0) is 10.0 Å². The van der Waals surface area contributed by atoms with E-state index in [1.807, 2.05) is 6.07 Å². The number of nitrogens with zero attached hydrogens (tertiary/aromatic N) is 1. The second-order valence-electron chi connectivity index (χ2n) is 6.15. The number of sulfonamides is 1. The zero-order valence-electron chi connectivity index (χ0n) is 14.6. The van der Waals surface area contributed by atoms with Gasteiger partial charge in [0, 0.05) is 18.7 Å². The Kier molecular flexibility index (Phi) is 5.58. The number of hydrogen-bond acceptors (Lipinski definition) is 4. The number of methoxy groups -OCH3 is 1. The summed E-state index contributed by atoms with van der Waals surface area (Å²) in [5.74, 6) is 0.0864. The Morgan fingerprint density at radius 1 is 1.04 bits per heavy atom. The maximum Gasteiger partial charge on any atom is 0.255 e. The van der Waals surface area contributed by atoms with Gasteiger partial charge in [-0.1, -0.05) is 24.6 Å². The highest BCUT2D eigenvalue weighted by atomic mass is 32.2. The Morgan fingerprint density at radius 3 is 2.38 bits per heavy atom. The highest BCUT2D eigenvalue weighted by Gasteiger charge is 2.27. The lowest BCUT2D eigenvalue weighted by molar-refractivity contribution is 0.102. The minimum Gasteiger partial charge on any atom is -0.495 e. The molecule has 26 heavy (non-hydrogen) atoms. The van der Waals surface area contributed by atoms with Crippen LogP contribution in [-0.4, -0.2) is 38.8 Å². The Hall–Kier alpha value is -2.38. The smallest absolute Gasteiger partial charge is 0.255 e. The molecule has 2 aromatic carbocycles. The van der Waals surface area contributed by atoms with E-state index in [1.165, 1.54) is 23.5 Å². The van der Waals surface area contributed by atoms with Gasteiger partial charge in [0.2, 0.25) is 10.0 Å². The van der Waals surface area contributed by atoms with Crippen LogP contribution in [0.2, 0.25) is 0 Å². The monoisotopic (exact) mass is 374 g/mol. The van der Waals surface area contributed by atoms with Gasteiger partial charge in [0.25, 0.3) is 5.91 Å². The number of carbonyl (C=O) groups excluding carboxylic acids is 1. The van der Waals surface area contributed by atoms with Crippen molar-refractivity contribution < 1.29 is 17.9 Å². The normalized spacial score (nSPS) is 15.4. The fourth-order valence-corrected chi connectivity index (χ4v) is 4.53. The summed E-state index contributed by atoms with van der Waals surface area (Å²) < 4.78 is 32.5. The predicted molar refractivity (Wildman–Crippen MR) is 100.0 cm³/mol. The summed E-state index contributed by atoms with van der Waals surface area (Å²) >= 11 is 0. The van der Waals surface area contributed by atoms with Crippen LogP contribution in [0.15, 0.2) is 53.4 Å². The van der Waals surface area contributed by atoms with E-state index in [0.29, 0.717) is 30.1 Å². The molecule has 1 amide bonds. The molecule has 0 unspecified atom stereocenters. The molecule has 138 valence electrons. The van der Waals surface area contributed by atoms with Crippen molar-refractivity contribution in [2.45, 2.75) is 24.2 Å². The molecule has 0 radical (unpaired) electrons. The number of benzene rings is 2. The van der Waals surface area contributed by atoms with Gasteiger partial charge in [0.1, 0.15) is 5.75 Å². The molecule has 0 aliphatic carbocycles. The SMILES string of the molecule is COc1ccc(S(=O)(=O)N2CCCCC2)cc1NC(=O)c1ccccc1. The average molecular weight is 374 g/mol. The zero-order valence-corrected chi connectivity index (χ0v) is 15.5. The van der Waals surface area contributed by atoms with Gasteiger partial charge >= 0.3 is 0 Å². The van der Waals surface area contributed by atoms with Gasteiger partial charge in [-0.15, -0.1) is 0 Å². The molecule has 1 saturated heterocycles. The van der Waals surface area contributed by atoms with Gasteiger partial charge in [-0.3, -0.25) is 4.79 Å². The van der Waals surface area contributed by atoms with E-state index in [9.17, 15) is 13.2 Å². The van der Waals surface area contributed by atoms with Crippen LogP contribution in [0.4, 0.5) is 5.69 Å². The van der Waals surface area contributed by atoms with Crippen molar-refractivity contribution in [1.29, 1.82) is 0 Å². The van der Waals surface area contributed by atoms with E-state index < -0.39 is 10.0 Å². The van der Waals surface area contributed by atoms with Crippen molar-refractivity contribution in [3.05, 3.63) is 54.1 Å². The number of anilines is 1. The average Bonchev–Trinajstić information content (AvgIpc) is 2.69. The van der Waals surface area contributed by atoms with Gasteiger partial charge in [-0.05, 0) is 43.2 Å². The van der Waals surface area contributed by atoms with Crippen LogP contribution >= 0.6 is 0 Å². The Morgan fingerprint density at radius 2 is 1.73 bits per heavy atom. The van der Waals surface area contributed by atoms with E-state index >= 15 is 0 Å². The third-order valence-corrected chi connectivity index (χ3v) is 6.30. The Balaban J connectivity index is 1.90. The van der Waals surface area contributed by atoms with E-state index in [2.05, 4.69) is 5.32 Å².